The molecule has 1 aliphatic heterocycles. The van der Waals surface area contributed by atoms with Crippen molar-refractivity contribution in [3.05, 3.63) is 41.6 Å². The highest BCUT2D eigenvalue weighted by molar-refractivity contribution is 6.06. The summed E-state index contributed by atoms with van der Waals surface area (Å²) >= 11 is 0. The zero-order valence-electron chi connectivity index (χ0n) is 15.1. The molecule has 6 nitrogen and oxygen atoms in total. The van der Waals surface area contributed by atoms with Gasteiger partial charge in [0.25, 0.3) is 5.91 Å². The van der Waals surface area contributed by atoms with Crippen LogP contribution < -0.4 is 5.32 Å². The standard InChI is InChI=1S/C20H25N3O3/c1-2-3-4-15-5-7-18(8-6-15)22-19(24)17(13-21)14-23-11-9-16(10-12-23)20(25)26/h5-8,14,16H,2-4,9-12H2,1H3,(H,22,24)(H,25,26)/b17-14-. The second-order valence-electron chi connectivity index (χ2n) is 6.56. The molecule has 1 heterocycles. The number of hydrogen-bond donors (Lipinski definition) is 2. The number of unbranched alkanes of at least 4 members (excludes halogenated alkanes) is 1. The molecule has 0 atom stereocenters. The van der Waals surface area contributed by atoms with Crippen LogP contribution in [0.5, 0.6) is 0 Å². The van der Waals surface area contributed by atoms with E-state index in [4.69, 9.17) is 5.11 Å². The summed E-state index contributed by atoms with van der Waals surface area (Å²) in [5, 5.41) is 21.1. The Bertz CT molecular complexity index is 696. The van der Waals surface area contributed by atoms with E-state index in [0.717, 1.165) is 19.3 Å². The van der Waals surface area contributed by atoms with Crippen LogP contribution in [0.1, 0.15) is 38.2 Å². The van der Waals surface area contributed by atoms with Gasteiger partial charge in [-0.05, 0) is 43.4 Å². The van der Waals surface area contributed by atoms with Crippen molar-refractivity contribution in [3.8, 4) is 6.07 Å². The van der Waals surface area contributed by atoms with Gasteiger partial charge in [0.15, 0.2) is 0 Å². The van der Waals surface area contributed by atoms with Gasteiger partial charge in [0, 0.05) is 25.0 Å². The van der Waals surface area contributed by atoms with Crippen molar-refractivity contribution in [2.24, 2.45) is 5.92 Å². The minimum absolute atomic E-state index is 0.0221. The van der Waals surface area contributed by atoms with Crippen LogP contribution in [-0.2, 0) is 16.0 Å². The van der Waals surface area contributed by atoms with E-state index < -0.39 is 11.9 Å². The van der Waals surface area contributed by atoms with E-state index in [1.807, 2.05) is 35.2 Å². The average Bonchev–Trinajstić information content (AvgIpc) is 2.65. The number of anilines is 1. The van der Waals surface area contributed by atoms with E-state index in [1.54, 1.807) is 0 Å². The van der Waals surface area contributed by atoms with E-state index in [1.165, 1.54) is 11.8 Å². The first-order valence-electron chi connectivity index (χ1n) is 9.02. The molecule has 0 saturated carbocycles. The first kappa shape index (κ1) is 19.5. The molecule has 1 amide bonds. The maximum atomic E-state index is 12.3. The third kappa shape index (κ3) is 5.62. The van der Waals surface area contributed by atoms with Gasteiger partial charge in [-0.3, -0.25) is 9.59 Å². The van der Waals surface area contributed by atoms with Crippen molar-refractivity contribution in [3.63, 3.8) is 0 Å². The molecule has 0 bridgehead atoms. The van der Waals surface area contributed by atoms with Crippen LogP contribution in [0.25, 0.3) is 0 Å². The highest BCUT2D eigenvalue weighted by Gasteiger charge is 2.24. The van der Waals surface area contributed by atoms with Crippen LogP contribution in [0.3, 0.4) is 0 Å². The number of nitriles is 1. The maximum Gasteiger partial charge on any atom is 0.306 e. The fourth-order valence-corrected chi connectivity index (χ4v) is 2.93. The predicted octanol–water partition coefficient (Wildman–Crippen LogP) is 3.17. The van der Waals surface area contributed by atoms with Gasteiger partial charge in [-0.15, -0.1) is 0 Å². The number of piperidine rings is 1. The summed E-state index contributed by atoms with van der Waals surface area (Å²) in [6.45, 7) is 3.21. The Hall–Kier alpha value is -2.81. The normalized spacial score (nSPS) is 15.4. The summed E-state index contributed by atoms with van der Waals surface area (Å²) in [5.41, 5.74) is 1.90. The average molecular weight is 355 g/mol. The molecule has 1 aromatic carbocycles. The zero-order chi connectivity index (χ0) is 18.9. The Labute approximate surface area is 154 Å². The van der Waals surface area contributed by atoms with Gasteiger partial charge in [-0.25, -0.2) is 0 Å². The number of amides is 1. The summed E-state index contributed by atoms with van der Waals surface area (Å²) in [4.78, 5) is 25.1. The number of aliphatic carboxylic acids is 1. The smallest absolute Gasteiger partial charge is 0.306 e. The quantitative estimate of drug-likeness (QED) is 0.579. The number of carboxylic acid groups (broad SMARTS) is 1. The minimum atomic E-state index is -0.783. The Balaban J connectivity index is 1.94. The number of carboxylic acids is 1. The SMILES string of the molecule is CCCCc1ccc(NC(=O)/C(C#N)=C\N2CCC(C(=O)O)CC2)cc1. The highest BCUT2D eigenvalue weighted by atomic mass is 16.4. The van der Waals surface area contributed by atoms with Gasteiger partial charge < -0.3 is 15.3 Å². The van der Waals surface area contributed by atoms with Gasteiger partial charge in [0.05, 0.1) is 5.92 Å². The topological polar surface area (TPSA) is 93.4 Å². The maximum absolute atomic E-state index is 12.3. The molecular formula is C20H25N3O3. The molecule has 1 aromatic rings. The predicted molar refractivity (Wildman–Crippen MR) is 99.3 cm³/mol. The van der Waals surface area contributed by atoms with Gasteiger partial charge in [0.1, 0.15) is 11.6 Å². The molecule has 1 saturated heterocycles. The molecule has 0 spiro atoms. The summed E-state index contributed by atoms with van der Waals surface area (Å²) in [6.07, 6.45) is 5.85. The van der Waals surface area contributed by atoms with Gasteiger partial charge in [-0.1, -0.05) is 25.5 Å². The molecule has 0 radical (unpaired) electrons. The lowest BCUT2D eigenvalue weighted by Crippen LogP contribution is -2.33. The molecule has 0 unspecified atom stereocenters. The molecular weight excluding hydrogens is 330 g/mol. The van der Waals surface area contributed by atoms with Crippen LogP contribution in [0.2, 0.25) is 0 Å². The largest absolute Gasteiger partial charge is 0.481 e. The van der Waals surface area contributed by atoms with Crippen LogP contribution in [0.4, 0.5) is 5.69 Å². The van der Waals surface area contributed by atoms with E-state index in [0.29, 0.717) is 31.6 Å². The molecule has 2 rings (SSSR count). The lowest BCUT2D eigenvalue weighted by atomic mass is 9.97. The number of carbonyl (C=O) groups is 2. The van der Waals surface area contributed by atoms with Gasteiger partial charge in [-0.2, -0.15) is 5.26 Å². The molecule has 2 N–H and O–H groups in total. The number of rotatable bonds is 7. The number of hydrogen-bond acceptors (Lipinski definition) is 4. The third-order valence-corrected chi connectivity index (χ3v) is 4.59. The zero-order valence-corrected chi connectivity index (χ0v) is 15.1. The number of carbonyl (C=O) groups excluding carboxylic acids is 1. The van der Waals surface area contributed by atoms with E-state index in [-0.39, 0.29) is 11.5 Å². The van der Waals surface area contributed by atoms with Crippen molar-refractivity contribution < 1.29 is 14.7 Å². The number of benzene rings is 1. The monoisotopic (exact) mass is 355 g/mol. The third-order valence-electron chi connectivity index (χ3n) is 4.59. The summed E-state index contributed by atoms with van der Waals surface area (Å²) in [6, 6.07) is 9.59. The van der Waals surface area contributed by atoms with Crippen molar-refractivity contribution in [1.29, 1.82) is 5.26 Å². The molecule has 0 aromatic heterocycles. The van der Waals surface area contributed by atoms with Crippen molar-refractivity contribution >= 4 is 17.6 Å². The summed E-state index contributed by atoms with van der Waals surface area (Å²) < 4.78 is 0. The summed E-state index contributed by atoms with van der Waals surface area (Å²) in [7, 11) is 0. The molecule has 1 aliphatic rings. The first-order valence-corrected chi connectivity index (χ1v) is 9.02. The first-order chi connectivity index (χ1) is 12.5. The fourth-order valence-electron chi connectivity index (χ4n) is 2.93. The highest BCUT2D eigenvalue weighted by Crippen LogP contribution is 2.18. The number of likely N-dealkylation sites (tertiary alicyclic amines) is 1. The van der Waals surface area contributed by atoms with Gasteiger partial charge >= 0.3 is 5.97 Å². The van der Waals surface area contributed by atoms with E-state index >= 15 is 0 Å². The molecule has 26 heavy (non-hydrogen) atoms. The van der Waals surface area contributed by atoms with Crippen molar-refractivity contribution in [2.75, 3.05) is 18.4 Å². The second-order valence-corrected chi connectivity index (χ2v) is 6.56. The number of aryl methyl sites for hydroxylation is 1. The van der Waals surface area contributed by atoms with Gasteiger partial charge in [0.2, 0.25) is 0 Å². The van der Waals surface area contributed by atoms with E-state index in [9.17, 15) is 14.9 Å². The lowest BCUT2D eigenvalue weighted by molar-refractivity contribution is -0.143. The van der Waals surface area contributed by atoms with E-state index in [2.05, 4.69) is 12.2 Å². The Kier molecular flexibility index (Phi) is 7.22. The molecule has 0 aliphatic carbocycles. The second kappa shape index (κ2) is 9.62. The number of nitrogens with one attached hydrogen (secondary N) is 1. The Morgan fingerprint density at radius 3 is 2.50 bits per heavy atom. The van der Waals surface area contributed by atoms with Crippen molar-refractivity contribution in [2.45, 2.75) is 39.0 Å². The van der Waals surface area contributed by atoms with Crippen LogP contribution in [0.15, 0.2) is 36.0 Å². The summed E-state index contributed by atoms with van der Waals surface area (Å²) in [5.74, 6) is -1.58. The lowest BCUT2D eigenvalue weighted by Gasteiger charge is -2.29. The van der Waals surface area contributed by atoms with Crippen molar-refractivity contribution in [1.82, 2.24) is 4.90 Å². The van der Waals surface area contributed by atoms with Crippen LogP contribution in [-0.4, -0.2) is 35.0 Å². The molecule has 1 fully saturated rings. The Morgan fingerprint density at radius 1 is 1.31 bits per heavy atom. The molecule has 138 valence electrons. The fraction of sp³-hybridized carbons (Fsp3) is 0.450. The van der Waals surface area contributed by atoms with Crippen LogP contribution in [0, 0.1) is 17.2 Å². The van der Waals surface area contributed by atoms with Crippen LogP contribution >= 0.6 is 0 Å². The Morgan fingerprint density at radius 2 is 1.96 bits per heavy atom. The molecule has 6 heteroatoms. The minimum Gasteiger partial charge on any atom is -0.481 e. The number of nitrogens with zero attached hydrogens (tertiary/aromatic N) is 2.